The molecule has 9 heteroatoms. The number of benzene rings is 2. The maximum Gasteiger partial charge on any atom is 0.475 e. The van der Waals surface area contributed by atoms with Gasteiger partial charge in [-0.1, -0.05) is 60.7 Å². The van der Waals surface area contributed by atoms with E-state index in [4.69, 9.17) is 28.8 Å². The molecule has 0 aliphatic carbocycles. The lowest BCUT2D eigenvalue weighted by atomic mass is 9.94. The topological polar surface area (TPSA) is 106 Å². The number of phosphoric acid groups is 1. The van der Waals surface area contributed by atoms with E-state index < -0.39 is 19.1 Å². The minimum Gasteiger partial charge on any atom is -0.378 e. The van der Waals surface area contributed by atoms with Crippen LogP contribution < -0.4 is 5.73 Å². The van der Waals surface area contributed by atoms with Crippen molar-refractivity contribution >= 4 is 13.7 Å². The second-order valence-corrected chi connectivity index (χ2v) is 9.38. The summed E-state index contributed by atoms with van der Waals surface area (Å²) in [6, 6.07) is 18.7. The standard InChI is InChI=1S/C23H32NO7P/c1-23(2,22(24)25)19-28-14-13-27-15-16-29-32(26,30-17-20-9-5-3-6-10-20)31-18-21-11-7-4-8-12-21/h3-12H,13-19H2,1-2H3,(H2,24,25). The number of rotatable bonds is 16. The summed E-state index contributed by atoms with van der Waals surface area (Å²) >= 11 is 0. The fourth-order valence-corrected chi connectivity index (χ4v) is 3.53. The van der Waals surface area contributed by atoms with Gasteiger partial charge in [-0.15, -0.1) is 0 Å². The van der Waals surface area contributed by atoms with Crippen LogP contribution in [0.25, 0.3) is 0 Å². The van der Waals surface area contributed by atoms with Crippen molar-refractivity contribution in [1.82, 2.24) is 0 Å². The smallest absolute Gasteiger partial charge is 0.378 e. The third kappa shape index (κ3) is 10.0. The zero-order valence-corrected chi connectivity index (χ0v) is 19.5. The number of hydrogen-bond donors (Lipinski definition) is 1. The lowest BCUT2D eigenvalue weighted by molar-refractivity contribution is -0.129. The van der Waals surface area contributed by atoms with Crippen LogP contribution >= 0.6 is 7.82 Å². The van der Waals surface area contributed by atoms with Crippen LogP contribution in [0.3, 0.4) is 0 Å². The molecule has 0 aliphatic heterocycles. The lowest BCUT2D eigenvalue weighted by Crippen LogP contribution is -2.36. The third-order valence-electron chi connectivity index (χ3n) is 4.44. The summed E-state index contributed by atoms with van der Waals surface area (Å²) in [5.74, 6) is -0.423. The molecule has 2 aromatic rings. The van der Waals surface area contributed by atoms with Crippen LogP contribution in [0.4, 0.5) is 0 Å². The Kier molecular flexibility index (Phi) is 11.0. The summed E-state index contributed by atoms with van der Waals surface area (Å²) in [7, 11) is -3.81. The van der Waals surface area contributed by atoms with E-state index in [2.05, 4.69) is 0 Å². The molecule has 0 saturated carbocycles. The van der Waals surface area contributed by atoms with Crippen molar-refractivity contribution in [3.63, 3.8) is 0 Å². The maximum atomic E-state index is 13.1. The van der Waals surface area contributed by atoms with E-state index in [1.165, 1.54) is 0 Å². The van der Waals surface area contributed by atoms with Crippen molar-refractivity contribution in [1.29, 1.82) is 0 Å². The van der Waals surface area contributed by atoms with Crippen LogP contribution in [0, 0.1) is 5.41 Å². The van der Waals surface area contributed by atoms with Gasteiger partial charge >= 0.3 is 7.82 Å². The van der Waals surface area contributed by atoms with Gasteiger partial charge < -0.3 is 15.2 Å². The van der Waals surface area contributed by atoms with Crippen LogP contribution in [0.15, 0.2) is 60.7 Å². The molecule has 0 aromatic heterocycles. The molecule has 0 spiro atoms. The van der Waals surface area contributed by atoms with Gasteiger partial charge in [0.2, 0.25) is 5.91 Å². The fraction of sp³-hybridized carbons (Fsp3) is 0.435. The van der Waals surface area contributed by atoms with Gasteiger partial charge in [0.1, 0.15) is 0 Å². The first-order valence-electron chi connectivity index (χ1n) is 10.4. The van der Waals surface area contributed by atoms with Crippen LogP contribution in [-0.4, -0.2) is 38.9 Å². The molecule has 176 valence electrons. The number of hydrogen-bond acceptors (Lipinski definition) is 7. The average Bonchev–Trinajstić information content (AvgIpc) is 2.79. The molecule has 0 aliphatic rings. The van der Waals surface area contributed by atoms with E-state index in [0.29, 0.717) is 6.61 Å². The first-order valence-corrected chi connectivity index (χ1v) is 11.8. The first kappa shape index (κ1) is 26.2. The summed E-state index contributed by atoms with van der Waals surface area (Å²) in [6.45, 7) is 4.61. The molecular formula is C23H32NO7P. The number of phosphoric ester groups is 1. The molecule has 1 amide bonds. The zero-order valence-electron chi connectivity index (χ0n) is 18.6. The highest BCUT2D eigenvalue weighted by Gasteiger charge is 2.27. The number of amides is 1. The number of nitrogens with two attached hydrogens (primary N) is 1. The molecular weight excluding hydrogens is 433 g/mol. The van der Waals surface area contributed by atoms with Gasteiger partial charge in [0.25, 0.3) is 0 Å². The van der Waals surface area contributed by atoms with Gasteiger partial charge in [-0.2, -0.15) is 0 Å². The van der Waals surface area contributed by atoms with E-state index in [9.17, 15) is 9.36 Å². The number of carbonyl (C=O) groups is 1. The van der Waals surface area contributed by atoms with E-state index in [-0.39, 0.29) is 39.6 Å². The monoisotopic (exact) mass is 465 g/mol. The first-order chi connectivity index (χ1) is 15.3. The van der Waals surface area contributed by atoms with Crippen molar-refractivity contribution in [2.24, 2.45) is 11.1 Å². The Labute approximate surface area is 189 Å². The quantitative estimate of drug-likeness (QED) is 0.294. The van der Waals surface area contributed by atoms with Gasteiger partial charge in [-0.25, -0.2) is 4.57 Å². The summed E-state index contributed by atoms with van der Waals surface area (Å²) in [5.41, 5.74) is 6.27. The fourth-order valence-electron chi connectivity index (χ4n) is 2.39. The zero-order chi connectivity index (χ0) is 23.3. The Hall–Kier alpha value is -2.06. The summed E-state index contributed by atoms with van der Waals surface area (Å²) in [5, 5.41) is 0. The minimum absolute atomic E-state index is 0.0215. The van der Waals surface area contributed by atoms with Gasteiger partial charge in [0.05, 0.1) is 51.7 Å². The third-order valence-corrected chi connectivity index (χ3v) is 5.83. The van der Waals surface area contributed by atoms with Gasteiger partial charge in [-0.3, -0.25) is 18.4 Å². The molecule has 32 heavy (non-hydrogen) atoms. The van der Waals surface area contributed by atoms with Gasteiger partial charge in [0, 0.05) is 0 Å². The maximum absolute atomic E-state index is 13.1. The molecule has 0 saturated heterocycles. The number of primary amides is 1. The number of carbonyl (C=O) groups excluding carboxylic acids is 1. The molecule has 0 fully saturated rings. The van der Waals surface area contributed by atoms with Crippen LogP contribution in [0.5, 0.6) is 0 Å². The Morgan fingerprint density at radius 2 is 1.25 bits per heavy atom. The average molecular weight is 465 g/mol. The second kappa shape index (κ2) is 13.5. The highest BCUT2D eigenvalue weighted by atomic mass is 31.2. The molecule has 2 aromatic carbocycles. The van der Waals surface area contributed by atoms with E-state index >= 15 is 0 Å². The normalized spacial score (nSPS) is 12.1. The summed E-state index contributed by atoms with van der Waals surface area (Å²) < 4.78 is 40.4. The second-order valence-electron chi connectivity index (χ2n) is 7.71. The minimum atomic E-state index is -3.81. The van der Waals surface area contributed by atoms with Crippen molar-refractivity contribution in [2.45, 2.75) is 27.1 Å². The van der Waals surface area contributed by atoms with Crippen molar-refractivity contribution < 1.29 is 32.4 Å². The van der Waals surface area contributed by atoms with E-state index in [1.807, 2.05) is 60.7 Å². The predicted octanol–water partition coefficient (Wildman–Crippen LogP) is 4.09. The van der Waals surface area contributed by atoms with E-state index in [0.717, 1.165) is 11.1 Å². The highest BCUT2D eigenvalue weighted by Crippen LogP contribution is 2.50. The molecule has 0 radical (unpaired) electrons. The largest absolute Gasteiger partial charge is 0.475 e. The van der Waals surface area contributed by atoms with Gasteiger partial charge in [0.15, 0.2) is 0 Å². The Morgan fingerprint density at radius 1 is 0.781 bits per heavy atom. The van der Waals surface area contributed by atoms with Crippen molar-refractivity contribution in [3.05, 3.63) is 71.8 Å². The van der Waals surface area contributed by atoms with Crippen LogP contribution in [0.1, 0.15) is 25.0 Å². The Morgan fingerprint density at radius 3 is 1.75 bits per heavy atom. The van der Waals surface area contributed by atoms with Crippen LogP contribution in [-0.2, 0) is 45.6 Å². The van der Waals surface area contributed by atoms with Crippen molar-refractivity contribution in [2.75, 3.05) is 33.0 Å². The molecule has 2 rings (SSSR count). The summed E-state index contributed by atoms with van der Waals surface area (Å²) in [6.07, 6.45) is 0. The molecule has 0 unspecified atom stereocenters. The van der Waals surface area contributed by atoms with Crippen LogP contribution in [0.2, 0.25) is 0 Å². The Bertz CT molecular complexity index is 798. The SMILES string of the molecule is CC(C)(COCCOCCOP(=O)(OCc1ccccc1)OCc1ccccc1)C(N)=O. The number of ether oxygens (including phenoxy) is 2. The van der Waals surface area contributed by atoms with E-state index in [1.54, 1.807) is 13.8 Å². The van der Waals surface area contributed by atoms with Crippen molar-refractivity contribution in [3.8, 4) is 0 Å². The summed E-state index contributed by atoms with van der Waals surface area (Å²) in [4.78, 5) is 11.3. The molecule has 0 atom stereocenters. The van der Waals surface area contributed by atoms with Gasteiger partial charge in [-0.05, 0) is 25.0 Å². The molecule has 0 bridgehead atoms. The molecule has 2 N–H and O–H groups in total. The lowest BCUT2D eigenvalue weighted by Gasteiger charge is -2.20. The molecule has 0 heterocycles. The predicted molar refractivity (Wildman–Crippen MR) is 121 cm³/mol. The molecule has 8 nitrogen and oxygen atoms in total. The Balaban J connectivity index is 1.75. The highest BCUT2D eigenvalue weighted by molar-refractivity contribution is 7.48.